The summed E-state index contributed by atoms with van der Waals surface area (Å²) >= 11 is 5.14. The smallest absolute Gasteiger partial charge is 0.269 e. The van der Waals surface area contributed by atoms with Crippen LogP contribution in [0.3, 0.4) is 0 Å². The Balaban J connectivity index is 1.76. The predicted octanol–water partition coefficient (Wildman–Crippen LogP) is 1.82. The van der Waals surface area contributed by atoms with Crippen LogP contribution >= 0.6 is 12.2 Å². The van der Waals surface area contributed by atoms with Gasteiger partial charge >= 0.3 is 0 Å². The molecule has 1 aliphatic heterocycles. The summed E-state index contributed by atoms with van der Waals surface area (Å²) in [5, 5.41) is 3.43. The molecular formula is C17H26N4O2S. The number of nitrogens with one attached hydrogen (secondary N) is 3. The standard InChI is InChI=1S/C17H26N4O2S/c1-3-21(4-2)14-9-7-13(8-10-14)16(22)19-20-17(24)18-12-15-6-5-11-23-15/h7-10,15H,3-6,11-12H2,1-2H3,(H,19,22)(H2,18,20,24). The lowest BCUT2D eigenvalue weighted by Crippen LogP contribution is -2.48. The first-order chi connectivity index (χ1) is 11.6. The van der Waals surface area contributed by atoms with Crippen LogP contribution in [-0.2, 0) is 4.74 Å². The van der Waals surface area contributed by atoms with Crippen LogP contribution in [0.5, 0.6) is 0 Å². The number of hydrogen-bond donors (Lipinski definition) is 3. The van der Waals surface area contributed by atoms with Gasteiger partial charge in [-0.05, 0) is 63.2 Å². The normalized spacial score (nSPS) is 16.5. The summed E-state index contributed by atoms with van der Waals surface area (Å²) in [5.74, 6) is -0.220. The lowest BCUT2D eigenvalue weighted by atomic mass is 10.2. The molecule has 0 bridgehead atoms. The van der Waals surface area contributed by atoms with Gasteiger partial charge in [0.05, 0.1) is 6.10 Å². The fourth-order valence-corrected chi connectivity index (χ4v) is 2.79. The Morgan fingerprint density at radius 1 is 1.25 bits per heavy atom. The molecule has 1 saturated heterocycles. The number of thiocarbonyl (C=S) groups is 1. The molecule has 1 amide bonds. The minimum atomic E-state index is -0.220. The molecule has 0 aromatic heterocycles. The van der Waals surface area contributed by atoms with Crippen LogP contribution in [0.2, 0.25) is 0 Å². The quantitative estimate of drug-likeness (QED) is 0.537. The molecule has 1 heterocycles. The zero-order valence-electron chi connectivity index (χ0n) is 14.3. The molecule has 132 valence electrons. The summed E-state index contributed by atoms with van der Waals surface area (Å²) in [6.07, 6.45) is 2.33. The van der Waals surface area contributed by atoms with E-state index >= 15 is 0 Å². The molecule has 1 fully saturated rings. The van der Waals surface area contributed by atoms with E-state index in [-0.39, 0.29) is 12.0 Å². The van der Waals surface area contributed by atoms with Gasteiger partial charge in [0.15, 0.2) is 5.11 Å². The van der Waals surface area contributed by atoms with Gasteiger partial charge < -0.3 is 15.0 Å². The van der Waals surface area contributed by atoms with Gasteiger partial charge in [0.2, 0.25) is 0 Å². The van der Waals surface area contributed by atoms with Crippen LogP contribution in [0.25, 0.3) is 0 Å². The van der Waals surface area contributed by atoms with Crippen molar-refractivity contribution in [3.8, 4) is 0 Å². The SMILES string of the molecule is CCN(CC)c1ccc(C(=O)NNC(=S)NCC2CCCO2)cc1. The van der Waals surface area contributed by atoms with E-state index in [1.807, 2.05) is 24.3 Å². The topological polar surface area (TPSA) is 65.6 Å². The number of carbonyl (C=O) groups excluding carboxylic acids is 1. The third-order valence-corrected chi connectivity index (χ3v) is 4.31. The highest BCUT2D eigenvalue weighted by molar-refractivity contribution is 7.80. The monoisotopic (exact) mass is 350 g/mol. The Labute approximate surface area is 148 Å². The fourth-order valence-electron chi connectivity index (χ4n) is 2.65. The van der Waals surface area contributed by atoms with E-state index < -0.39 is 0 Å². The zero-order valence-corrected chi connectivity index (χ0v) is 15.1. The van der Waals surface area contributed by atoms with Crippen molar-refractivity contribution in [3.05, 3.63) is 29.8 Å². The van der Waals surface area contributed by atoms with Crippen molar-refractivity contribution in [3.63, 3.8) is 0 Å². The number of amides is 1. The fraction of sp³-hybridized carbons (Fsp3) is 0.529. The van der Waals surface area contributed by atoms with Gasteiger partial charge in [-0.15, -0.1) is 0 Å². The van der Waals surface area contributed by atoms with Crippen molar-refractivity contribution < 1.29 is 9.53 Å². The molecule has 1 aromatic carbocycles. The van der Waals surface area contributed by atoms with Crippen LogP contribution in [0.15, 0.2) is 24.3 Å². The average molecular weight is 350 g/mol. The molecule has 1 atom stereocenters. The number of hydrazine groups is 1. The number of anilines is 1. The van der Waals surface area contributed by atoms with Crippen molar-refractivity contribution in [1.29, 1.82) is 0 Å². The minimum Gasteiger partial charge on any atom is -0.376 e. The first kappa shape index (κ1) is 18.5. The van der Waals surface area contributed by atoms with Crippen LogP contribution in [-0.4, -0.2) is 43.4 Å². The molecule has 1 aromatic rings. The number of hydrogen-bond acceptors (Lipinski definition) is 4. The summed E-state index contributed by atoms with van der Waals surface area (Å²) in [5.41, 5.74) is 7.02. The van der Waals surface area contributed by atoms with E-state index in [2.05, 4.69) is 34.9 Å². The number of rotatable bonds is 6. The lowest BCUT2D eigenvalue weighted by molar-refractivity contribution is 0.0943. The van der Waals surface area contributed by atoms with E-state index in [0.717, 1.165) is 38.2 Å². The largest absolute Gasteiger partial charge is 0.376 e. The van der Waals surface area contributed by atoms with E-state index in [0.29, 0.717) is 17.2 Å². The Morgan fingerprint density at radius 2 is 1.96 bits per heavy atom. The first-order valence-electron chi connectivity index (χ1n) is 8.44. The highest BCUT2D eigenvalue weighted by atomic mass is 32.1. The number of nitrogens with zero attached hydrogens (tertiary/aromatic N) is 1. The second kappa shape index (κ2) is 9.44. The van der Waals surface area contributed by atoms with Crippen LogP contribution in [0.1, 0.15) is 37.0 Å². The van der Waals surface area contributed by atoms with Crippen molar-refractivity contribution in [2.75, 3.05) is 31.1 Å². The van der Waals surface area contributed by atoms with E-state index in [9.17, 15) is 4.79 Å². The molecular weight excluding hydrogens is 324 g/mol. The van der Waals surface area contributed by atoms with Crippen LogP contribution in [0, 0.1) is 0 Å². The Kier molecular flexibility index (Phi) is 7.27. The zero-order chi connectivity index (χ0) is 17.4. The van der Waals surface area contributed by atoms with E-state index in [1.54, 1.807) is 0 Å². The molecule has 1 aliphatic rings. The number of benzene rings is 1. The molecule has 24 heavy (non-hydrogen) atoms. The summed E-state index contributed by atoms with van der Waals surface area (Å²) in [6, 6.07) is 7.53. The highest BCUT2D eigenvalue weighted by Gasteiger charge is 2.15. The van der Waals surface area contributed by atoms with Crippen molar-refractivity contribution in [1.82, 2.24) is 16.2 Å². The van der Waals surface area contributed by atoms with Gasteiger partial charge in [0, 0.05) is 37.5 Å². The Bertz CT molecular complexity index is 540. The Hall–Kier alpha value is -1.86. The minimum absolute atomic E-state index is 0.202. The lowest BCUT2D eigenvalue weighted by Gasteiger charge is -2.21. The number of ether oxygens (including phenoxy) is 1. The molecule has 0 aliphatic carbocycles. The highest BCUT2D eigenvalue weighted by Crippen LogP contribution is 2.14. The molecule has 7 heteroatoms. The molecule has 6 nitrogen and oxygen atoms in total. The van der Waals surface area contributed by atoms with Gasteiger partial charge in [0.1, 0.15) is 0 Å². The van der Waals surface area contributed by atoms with Crippen LogP contribution < -0.4 is 21.1 Å². The maximum atomic E-state index is 12.1. The van der Waals surface area contributed by atoms with E-state index in [1.165, 1.54) is 0 Å². The van der Waals surface area contributed by atoms with Gasteiger partial charge in [-0.25, -0.2) is 0 Å². The maximum Gasteiger partial charge on any atom is 0.269 e. The molecule has 0 spiro atoms. The van der Waals surface area contributed by atoms with Gasteiger partial charge in [-0.2, -0.15) is 0 Å². The van der Waals surface area contributed by atoms with Crippen molar-refractivity contribution >= 4 is 28.9 Å². The molecule has 2 rings (SSSR count). The molecule has 3 N–H and O–H groups in total. The van der Waals surface area contributed by atoms with Gasteiger partial charge in [-0.3, -0.25) is 15.6 Å². The average Bonchev–Trinajstić information content (AvgIpc) is 3.13. The first-order valence-corrected chi connectivity index (χ1v) is 8.85. The van der Waals surface area contributed by atoms with Crippen molar-refractivity contribution in [2.45, 2.75) is 32.8 Å². The van der Waals surface area contributed by atoms with Gasteiger partial charge in [0.25, 0.3) is 5.91 Å². The predicted molar refractivity (Wildman–Crippen MR) is 100 cm³/mol. The summed E-state index contributed by atoms with van der Waals surface area (Å²) < 4.78 is 5.51. The van der Waals surface area contributed by atoms with Crippen LogP contribution in [0.4, 0.5) is 5.69 Å². The second-order valence-corrected chi connectivity index (χ2v) is 6.05. The van der Waals surface area contributed by atoms with E-state index in [4.69, 9.17) is 17.0 Å². The molecule has 0 saturated carbocycles. The molecule has 0 radical (unpaired) electrons. The second-order valence-electron chi connectivity index (χ2n) is 5.64. The summed E-state index contributed by atoms with van der Waals surface area (Å²) in [7, 11) is 0. The molecule has 1 unspecified atom stereocenters. The Morgan fingerprint density at radius 3 is 2.54 bits per heavy atom. The van der Waals surface area contributed by atoms with Gasteiger partial charge in [-0.1, -0.05) is 0 Å². The maximum absolute atomic E-state index is 12.1. The summed E-state index contributed by atoms with van der Waals surface area (Å²) in [6.45, 7) is 7.56. The summed E-state index contributed by atoms with van der Waals surface area (Å²) in [4.78, 5) is 14.4. The third kappa shape index (κ3) is 5.35. The van der Waals surface area contributed by atoms with Crippen molar-refractivity contribution in [2.24, 2.45) is 0 Å². The third-order valence-electron chi connectivity index (χ3n) is 4.06. The number of carbonyl (C=O) groups is 1.